The van der Waals surface area contributed by atoms with Gasteiger partial charge in [0.1, 0.15) is 17.7 Å². The average Bonchev–Trinajstić information content (AvgIpc) is 3.47. The Morgan fingerprint density at radius 3 is 2.45 bits per heavy atom. The normalized spacial score (nSPS) is 13.6. The van der Waals surface area contributed by atoms with E-state index in [2.05, 4.69) is 11.1 Å². The second-order valence-electron chi connectivity index (χ2n) is 7.44. The number of oxazole rings is 1. The van der Waals surface area contributed by atoms with Crippen LogP contribution in [0.25, 0.3) is 33.5 Å². The van der Waals surface area contributed by atoms with Crippen molar-refractivity contribution in [2.24, 2.45) is 0 Å². The molecule has 0 atom stereocenters. The Morgan fingerprint density at radius 2 is 1.79 bits per heavy atom. The van der Waals surface area contributed by atoms with Crippen LogP contribution in [0.15, 0.2) is 64.1 Å². The Morgan fingerprint density at radius 1 is 1.03 bits per heavy atom. The van der Waals surface area contributed by atoms with Crippen molar-refractivity contribution in [3.63, 3.8) is 0 Å². The molecule has 33 heavy (non-hydrogen) atoms. The van der Waals surface area contributed by atoms with E-state index in [-0.39, 0.29) is 11.4 Å². The number of ketones is 1. The summed E-state index contributed by atoms with van der Waals surface area (Å²) in [5.74, 6) is 0.222. The molecule has 2 aromatic carbocycles. The Kier molecular flexibility index (Phi) is 4.72. The van der Waals surface area contributed by atoms with Crippen LogP contribution in [0.5, 0.6) is 0 Å². The van der Waals surface area contributed by atoms with E-state index in [0.717, 1.165) is 16.0 Å². The maximum absolute atomic E-state index is 13.2. The fraction of sp³-hybridized carbons (Fsp3) is 0.0385. The van der Waals surface area contributed by atoms with Crippen LogP contribution in [0.4, 0.5) is 0 Å². The molecule has 0 radical (unpaired) electrons. The van der Waals surface area contributed by atoms with Crippen LogP contribution in [0, 0.1) is 40.9 Å². The van der Waals surface area contributed by atoms with Crippen molar-refractivity contribution >= 4 is 39.2 Å². The number of carbonyl (C=O) groups excluding carboxylic acids is 1. The molecule has 4 aromatic rings. The topological polar surface area (TPSA) is 114 Å². The van der Waals surface area contributed by atoms with Gasteiger partial charge in [-0.3, -0.25) is 4.79 Å². The minimum absolute atomic E-state index is 0.0985. The van der Waals surface area contributed by atoms with Crippen molar-refractivity contribution in [1.29, 1.82) is 15.8 Å². The Balaban J connectivity index is 1.58. The lowest BCUT2D eigenvalue weighted by molar-refractivity contribution is 0.104. The molecule has 0 aliphatic heterocycles. The molecular weight excluding hydrogens is 432 g/mol. The maximum atomic E-state index is 13.2. The molecule has 0 fully saturated rings. The highest BCUT2D eigenvalue weighted by Gasteiger charge is 2.32. The zero-order valence-electron chi connectivity index (χ0n) is 17.2. The molecule has 0 bridgehead atoms. The van der Waals surface area contributed by atoms with Gasteiger partial charge in [0.2, 0.25) is 5.89 Å². The number of aromatic nitrogens is 1. The number of hydrogen-bond acceptors (Lipinski definition) is 7. The summed E-state index contributed by atoms with van der Waals surface area (Å²) in [4.78, 5) is 19.1. The van der Waals surface area contributed by atoms with Gasteiger partial charge in [-0.05, 0) is 48.9 Å². The number of aryl methyl sites for hydroxylation is 1. The fourth-order valence-electron chi connectivity index (χ4n) is 3.79. The molecule has 0 N–H and O–H groups in total. The monoisotopic (exact) mass is 444 g/mol. The molecule has 1 aliphatic rings. The first-order chi connectivity index (χ1) is 16.0. The van der Waals surface area contributed by atoms with E-state index in [1.54, 1.807) is 48.5 Å². The number of nitrogens with zero attached hydrogens (tertiary/aromatic N) is 4. The Bertz CT molecular complexity index is 1610. The zero-order valence-corrected chi connectivity index (χ0v) is 18.0. The molecule has 0 saturated carbocycles. The van der Waals surface area contributed by atoms with Gasteiger partial charge in [0, 0.05) is 33.2 Å². The van der Waals surface area contributed by atoms with Crippen molar-refractivity contribution in [1.82, 2.24) is 4.98 Å². The third kappa shape index (κ3) is 3.32. The lowest BCUT2D eigenvalue weighted by atomic mass is 9.99. The van der Waals surface area contributed by atoms with E-state index in [4.69, 9.17) is 9.68 Å². The minimum atomic E-state index is -0.219. The third-order valence-electron chi connectivity index (χ3n) is 5.33. The lowest BCUT2D eigenvalue weighted by Gasteiger charge is -2.01. The minimum Gasteiger partial charge on any atom is -0.435 e. The van der Waals surface area contributed by atoms with Crippen LogP contribution in [0.2, 0.25) is 0 Å². The van der Waals surface area contributed by atoms with Gasteiger partial charge in [-0.1, -0.05) is 17.7 Å². The molecule has 5 rings (SSSR count). The zero-order chi connectivity index (χ0) is 23.1. The smallest absolute Gasteiger partial charge is 0.228 e. The first kappa shape index (κ1) is 20.2. The molecule has 0 spiro atoms. The summed E-state index contributed by atoms with van der Waals surface area (Å²) < 4.78 is 5.88. The molecule has 2 aromatic heterocycles. The predicted molar refractivity (Wildman–Crippen MR) is 124 cm³/mol. The van der Waals surface area contributed by atoms with Gasteiger partial charge in [0.25, 0.3) is 0 Å². The van der Waals surface area contributed by atoms with Crippen LogP contribution in [0.3, 0.4) is 0 Å². The number of benzene rings is 2. The molecule has 1 aliphatic carbocycles. The predicted octanol–water partition coefficient (Wildman–Crippen LogP) is 5.82. The van der Waals surface area contributed by atoms with E-state index in [1.807, 2.05) is 25.1 Å². The molecule has 7 heteroatoms. The van der Waals surface area contributed by atoms with Gasteiger partial charge < -0.3 is 4.42 Å². The van der Waals surface area contributed by atoms with E-state index in [9.17, 15) is 15.3 Å². The number of Topliss-reactive ketones (excluding diaryl/α,β-unsaturated/α-hetero) is 1. The van der Waals surface area contributed by atoms with Crippen molar-refractivity contribution in [3.8, 4) is 29.7 Å². The van der Waals surface area contributed by atoms with Crippen LogP contribution in [-0.4, -0.2) is 10.8 Å². The van der Waals surface area contributed by atoms with E-state index < -0.39 is 0 Å². The van der Waals surface area contributed by atoms with Gasteiger partial charge >= 0.3 is 0 Å². The molecule has 154 valence electrons. The van der Waals surface area contributed by atoms with Crippen LogP contribution < -0.4 is 0 Å². The first-order valence-electron chi connectivity index (χ1n) is 9.85. The fourth-order valence-corrected chi connectivity index (χ4v) is 4.68. The van der Waals surface area contributed by atoms with E-state index in [1.165, 1.54) is 11.3 Å². The second kappa shape index (κ2) is 7.73. The second-order valence-corrected chi connectivity index (χ2v) is 8.50. The number of hydrogen-bond donors (Lipinski definition) is 0. The number of nitriles is 3. The Labute approximate surface area is 192 Å². The average molecular weight is 444 g/mol. The highest BCUT2D eigenvalue weighted by atomic mass is 32.1. The standard InChI is InChI=1S/C26H12N4O2S/c1-14-2-7-19-20(8-14)24(31)21(23(19)17(12-28)13-29)9-18-10-22-26(33-18)30-25(32-22)16-5-3-15(11-27)4-6-16/h2-10H,1H3/b21-9-. The maximum Gasteiger partial charge on any atom is 0.228 e. The van der Waals surface area contributed by atoms with Crippen molar-refractivity contribution in [2.45, 2.75) is 6.92 Å². The molecule has 2 heterocycles. The highest BCUT2D eigenvalue weighted by molar-refractivity contribution is 7.19. The van der Waals surface area contributed by atoms with Crippen LogP contribution in [-0.2, 0) is 0 Å². The molecule has 6 nitrogen and oxygen atoms in total. The number of rotatable bonds is 2. The summed E-state index contributed by atoms with van der Waals surface area (Å²) in [6, 6.07) is 20.0. The summed E-state index contributed by atoms with van der Waals surface area (Å²) in [6.45, 7) is 1.89. The van der Waals surface area contributed by atoms with Gasteiger partial charge in [0.05, 0.1) is 11.6 Å². The molecule has 0 unspecified atom stereocenters. The van der Waals surface area contributed by atoms with E-state index >= 15 is 0 Å². The van der Waals surface area contributed by atoms with Crippen LogP contribution >= 0.6 is 11.3 Å². The highest BCUT2D eigenvalue weighted by Crippen LogP contribution is 2.41. The number of fused-ring (bicyclic) bond motifs is 2. The molecule has 0 amide bonds. The third-order valence-corrected chi connectivity index (χ3v) is 6.29. The summed E-state index contributed by atoms with van der Waals surface area (Å²) >= 11 is 1.35. The molecule has 0 saturated heterocycles. The largest absolute Gasteiger partial charge is 0.435 e. The number of allylic oxidation sites excluding steroid dienone is 3. The summed E-state index contributed by atoms with van der Waals surface area (Å²) in [6.07, 6.45) is 1.69. The van der Waals surface area contributed by atoms with E-state index in [0.29, 0.717) is 44.1 Å². The Hall–Kier alpha value is -4.77. The first-order valence-corrected chi connectivity index (χ1v) is 10.7. The van der Waals surface area contributed by atoms with Gasteiger partial charge in [-0.15, -0.1) is 11.3 Å². The lowest BCUT2D eigenvalue weighted by Crippen LogP contribution is -1.95. The quantitative estimate of drug-likeness (QED) is 0.284. The summed E-state index contributed by atoms with van der Waals surface area (Å²) in [5.41, 5.74) is 4.45. The summed E-state index contributed by atoms with van der Waals surface area (Å²) in [7, 11) is 0. The van der Waals surface area contributed by atoms with Gasteiger partial charge in [0.15, 0.2) is 16.2 Å². The molecular formula is C26H12N4O2S. The van der Waals surface area contributed by atoms with Crippen molar-refractivity contribution in [2.75, 3.05) is 0 Å². The number of thiophene rings is 1. The van der Waals surface area contributed by atoms with Crippen molar-refractivity contribution < 1.29 is 9.21 Å². The number of carbonyl (C=O) groups is 1. The van der Waals surface area contributed by atoms with Crippen molar-refractivity contribution in [3.05, 3.63) is 86.8 Å². The summed E-state index contributed by atoms with van der Waals surface area (Å²) in [5, 5.41) is 27.9. The van der Waals surface area contributed by atoms with Gasteiger partial charge in [-0.2, -0.15) is 20.8 Å². The van der Waals surface area contributed by atoms with Gasteiger partial charge in [-0.25, -0.2) is 0 Å². The van der Waals surface area contributed by atoms with Crippen LogP contribution in [0.1, 0.15) is 31.9 Å². The SMILES string of the molecule is Cc1ccc2c(c1)C(=O)/C(=C\c1cc3oc(-c4ccc(C#N)cc4)nc3s1)C2=C(C#N)C#N.